The molecule has 0 aliphatic carbocycles. The Morgan fingerprint density at radius 1 is 0.667 bits per heavy atom. The molecule has 0 aliphatic heterocycles. The highest BCUT2D eigenvalue weighted by Gasteiger charge is 2.25. The Morgan fingerprint density at radius 2 is 1.00 bits per heavy atom. The third kappa shape index (κ3) is 5.12. The summed E-state index contributed by atoms with van der Waals surface area (Å²) in [6.45, 7) is 0. The second-order valence-corrected chi connectivity index (χ2v) is 6.07. The maximum Gasteiger partial charge on any atom is 0.506 e. The summed E-state index contributed by atoms with van der Waals surface area (Å²) in [7, 11) is -5.14. The van der Waals surface area contributed by atoms with Gasteiger partial charge < -0.3 is 18.6 Å². The molecular formula is C16H10O10S. The molecule has 2 N–H and O–H groups in total. The number of hydrogen-bond donors (Lipinski definition) is 2. The lowest BCUT2D eigenvalue weighted by Gasteiger charge is -2.06. The summed E-state index contributed by atoms with van der Waals surface area (Å²) in [6.07, 6.45) is 0. The van der Waals surface area contributed by atoms with E-state index >= 15 is 0 Å². The van der Waals surface area contributed by atoms with Crippen molar-refractivity contribution in [1.82, 2.24) is 0 Å². The van der Waals surface area contributed by atoms with Gasteiger partial charge in [-0.05, 0) is 36.4 Å². The zero-order valence-electron chi connectivity index (χ0n) is 13.2. The zero-order valence-corrected chi connectivity index (χ0v) is 14.0. The first kappa shape index (κ1) is 19.6. The van der Waals surface area contributed by atoms with Crippen molar-refractivity contribution in [1.29, 1.82) is 0 Å². The minimum atomic E-state index is -5.14. The van der Waals surface area contributed by atoms with E-state index in [2.05, 4.69) is 8.37 Å². The van der Waals surface area contributed by atoms with E-state index in [1.165, 1.54) is 24.3 Å². The Bertz CT molecular complexity index is 961. The van der Waals surface area contributed by atoms with E-state index in [9.17, 15) is 27.6 Å². The molecule has 2 aromatic rings. The van der Waals surface area contributed by atoms with Gasteiger partial charge in [0.15, 0.2) is 0 Å². The highest BCUT2D eigenvalue weighted by molar-refractivity contribution is 7.82. The van der Waals surface area contributed by atoms with Crippen LogP contribution >= 0.6 is 0 Å². The maximum absolute atomic E-state index is 11.8. The van der Waals surface area contributed by atoms with Crippen molar-refractivity contribution in [2.75, 3.05) is 0 Å². The molecular weight excluding hydrogens is 384 g/mol. The van der Waals surface area contributed by atoms with Gasteiger partial charge >= 0.3 is 34.3 Å². The van der Waals surface area contributed by atoms with Crippen LogP contribution in [0, 0.1) is 0 Å². The minimum absolute atomic E-state index is 0.288. The van der Waals surface area contributed by atoms with Crippen LogP contribution in [0.3, 0.4) is 0 Å². The molecule has 0 aromatic heterocycles. The normalized spacial score (nSPS) is 10.7. The first-order valence-electron chi connectivity index (χ1n) is 6.98. The predicted molar refractivity (Wildman–Crippen MR) is 86.6 cm³/mol. The van der Waals surface area contributed by atoms with E-state index in [1.807, 2.05) is 0 Å². The smallest absolute Gasteiger partial charge is 0.478 e. The predicted octanol–water partition coefficient (Wildman–Crippen LogP) is 1.34. The molecule has 0 atom stereocenters. The van der Waals surface area contributed by atoms with Crippen molar-refractivity contribution in [3.8, 4) is 0 Å². The third-order valence-electron chi connectivity index (χ3n) is 3.05. The summed E-state index contributed by atoms with van der Waals surface area (Å²) in [5.41, 5.74) is -1.38. The van der Waals surface area contributed by atoms with Gasteiger partial charge in [-0.2, -0.15) is 0 Å². The standard InChI is InChI=1S/C16H10O10S/c17-13(18)9-3-1-5-11(7-9)15(21)25-27(23,24)26-16(22)12-6-2-4-10(8-12)14(19)20/h1-8H,(H,17,18)(H,19,20). The fraction of sp³-hybridized carbons (Fsp3) is 0. The molecule has 0 unspecified atom stereocenters. The average molecular weight is 394 g/mol. The Hall–Kier alpha value is -3.73. The van der Waals surface area contributed by atoms with Crippen molar-refractivity contribution in [3.63, 3.8) is 0 Å². The fourth-order valence-corrected chi connectivity index (χ4v) is 2.45. The molecule has 0 radical (unpaired) electrons. The summed E-state index contributed by atoms with van der Waals surface area (Å²) in [6, 6.07) is 8.67. The summed E-state index contributed by atoms with van der Waals surface area (Å²) in [5, 5.41) is 17.7. The van der Waals surface area contributed by atoms with E-state index in [0.717, 1.165) is 24.3 Å². The van der Waals surface area contributed by atoms with Crippen LogP contribution in [0.1, 0.15) is 41.4 Å². The lowest BCUT2D eigenvalue weighted by Crippen LogP contribution is -2.20. The molecule has 0 saturated carbocycles. The van der Waals surface area contributed by atoms with Gasteiger partial charge in [0.2, 0.25) is 0 Å². The largest absolute Gasteiger partial charge is 0.506 e. The Labute approximate surface area is 151 Å². The Kier molecular flexibility index (Phi) is 5.56. The molecule has 2 aromatic carbocycles. The van der Waals surface area contributed by atoms with Gasteiger partial charge in [-0.25, -0.2) is 19.2 Å². The first-order valence-corrected chi connectivity index (χ1v) is 8.31. The van der Waals surface area contributed by atoms with Crippen LogP contribution in [-0.4, -0.2) is 42.5 Å². The molecule has 0 aliphatic rings. The summed E-state index contributed by atoms with van der Waals surface area (Å²) < 4.78 is 31.7. The minimum Gasteiger partial charge on any atom is -0.478 e. The summed E-state index contributed by atoms with van der Waals surface area (Å²) in [4.78, 5) is 45.4. The van der Waals surface area contributed by atoms with Crippen LogP contribution in [0.5, 0.6) is 0 Å². The van der Waals surface area contributed by atoms with Crippen molar-refractivity contribution >= 4 is 34.3 Å². The summed E-state index contributed by atoms with van der Waals surface area (Å²) in [5.74, 6) is -5.63. The number of benzene rings is 2. The zero-order chi connectivity index (χ0) is 20.2. The van der Waals surface area contributed by atoms with Crippen LogP contribution in [0.25, 0.3) is 0 Å². The lowest BCUT2D eigenvalue weighted by atomic mass is 10.1. The van der Waals surface area contributed by atoms with E-state index in [1.54, 1.807) is 0 Å². The molecule has 10 nitrogen and oxygen atoms in total. The topological polar surface area (TPSA) is 161 Å². The van der Waals surface area contributed by atoms with E-state index < -0.39 is 45.4 Å². The molecule has 0 fully saturated rings. The van der Waals surface area contributed by atoms with Crippen molar-refractivity contribution in [3.05, 3.63) is 70.8 Å². The monoisotopic (exact) mass is 394 g/mol. The number of carbonyl (C=O) groups is 4. The van der Waals surface area contributed by atoms with E-state index in [-0.39, 0.29) is 11.1 Å². The molecule has 0 heterocycles. The number of aromatic carboxylic acids is 2. The molecule has 11 heteroatoms. The van der Waals surface area contributed by atoms with Crippen molar-refractivity contribution in [2.45, 2.75) is 0 Å². The van der Waals surface area contributed by atoms with Crippen molar-refractivity contribution < 1.29 is 46.2 Å². The van der Waals surface area contributed by atoms with Gasteiger partial charge in [-0.15, -0.1) is 8.42 Å². The number of carbonyl (C=O) groups excluding carboxylic acids is 2. The molecule has 0 spiro atoms. The van der Waals surface area contributed by atoms with Crippen LogP contribution in [0.2, 0.25) is 0 Å². The number of carboxylic acids is 2. The third-order valence-corrected chi connectivity index (χ3v) is 3.76. The quantitative estimate of drug-likeness (QED) is 0.731. The average Bonchev–Trinajstić information content (AvgIpc) is 2.61. The number of hydrogen-bond acceptors (Lipinski definition) is 8. The van der Waals surface area contributed by atoms with Crippen LogP contribution < -0.4 is 0 Å². The molecule has 140 valence electrons. The van der Waals surface area contributed by atoms with Gasteiger partial charge in [0.05, 0.1) is 22.3 Å². The van der Waals surface area contributed by atoms with Gasteiger partial charge in [0, 0.05) is 0 Å². The van der Waals surface area contributed by atoms with Gasteiger partial charge in [0.1, 0.15) is 0 Å². The molecule has 27 heavy (non-hydrogen) atoms. The maximum atomic E-state index is 11.8. The van der Waals surface area contributed by atoms with Gasteiger partial charge in [0.25, 0.3) is 0 Å². The summed E-state index contributed by atoms with van der Waals surface area (Å²) >= 11 is 0. The van der Waals surface area contributed by atoms with Crippen molar-refractivity contribution in [2.24, 2.45) is 0 Å². The second-order valence-electron chi connectivity index (χ2n) is 4.92. The Morgan fingerprint density at radius 3 is 1.33 bits per heavy atom. The molecule has 0 saturated heterocycles. The molecule has 0 bridgehead atoms. The first-order chi connectivity index (χ1) is 12.6. The fourth-order valence-electron chi connectivity index (χ4n) is 1.86. The Balaban J connectivity index is 2.14. The lowest BCUT2D eigenvalue weighted by molar-refractivity contribution is 0.0645. The van der Waals surface area contributed by atoms with Gasteiger partial charge in [-0.1, -0.05) is 12.1 Å². The SMILES string of the molecule is O=C(O)c1cccc(C(=O)OS(=O)(=O)OC(=O)c2cccc(C(=O)O)c2)c1. The molecule has 0 amide bonds. The van der Waals surface area contributed by atoms with Crippen LogP contribution in [-0.2, 0) is 18.8 Å². The highest BCUT2D eigenvalue weighted by atomic mass is 32.3. The number of rotatable bonds is 6. The highest BCUT2D eigenvalue weighted by Crippen LogP contribution is 2.12. The molecule has 2 rings (SSSR count). The van der Waals surface area contributed by atoms with Crippen LogP contribution in [0.15, 0.2) is 48.5 Å². The van der Waals surface area contributed by atoms with E-state index in [4.69, 9.17) is 10.2 Å². The van der Waals surface area contributed by atoms with Crippen LogP contribution in [0.4, 0.5) is 0 Å². The second kappa shape index (κ2) is 7.66. The van der Waals surface area contributed by atoms with E-state index in [0.29, 0.717) is 0 Å². The van der Waals surface area contributed by atoms with Gasteiger partial charge in [-0.3, -0.25) is 0 Å². The number of carboxylic acid groups (broad SMARTS) is 2.